The van der Waals surface area contributed by atoms with Gasteiger partial charge in [0.15, 0.2) is 0 Å². The number of rotatable bonds is 3. The zero-order valence-corrected chi connectivity index (χ0v) is 15.2. The number of benzene rings is 1. The first-order valence-corrected chi connectivity index (χ1v) is 8.54. The van der Waals surface area contributed by atoms with E-state index in [1.54, 1.807) is 0 Å². The average Bonchev–Trinajstić information content (AvgIpc) is 2.89. The second-order valence-corrected chi connectivity index (χ2v) is 8.09. The van der Waals surface area contributed by atoms with Crippen LogP contribution in [0, 0.1) is 6.92 Å². The van der Waals surface area contributed by atoms with Crippen molar-refractivity contribution >= 4 is 12.6 Å². The van der Waals surface area contributed by atoms with E-state index in [0.717, 1.165) is 16.6 Å². The maximum absolute atomic E-state index is 13.4. The number of alkyl halides is 2. The summed E-state index contributed by atoms with van der Waals surface area (Å²) >= 11 is 0. The minimum atomic E-state index is -2.56. The van der Waals surface area contributed by atoms with Crippen molar-refractivity contribution in [3.05, 3.63) is 29.3 Å². The Hall–Kier alpha value is -0.975. The van der Waals surface area contributed by atoms with E-state index in [1.807, 2.05) is 57.7 Å². The van der Waals surface area contributed by atoms with E-state index >= 15 is 0 Å². The molecule has 0 unspecified atom stereocenters. The fourth-order valence-corrected chi connectivity index (χ4v) is 3.17. The number of hydrogen-bond donors (Lipinski definition) is 0. The molecule has 2 saturated heterocycles. The molecule has 0 spiro atoms. The van der Waals surface area contributed by atoms with Crippen LogP contribution in [0.5, 0.6) is 0 Å². The number of aryl methyl sites for hydroxylation is 1. The van der Waals surface area contributed by atoms with Gasteiger partial charge >= 0.3 is 7.12 Å². The molecule has 132 valence electrons. The van der Waals surface area contributed by atoms with Crippen molar-refractivity contribution in [3.8, 4) is 0 Å². The van der Waals surface area contributed by atoms with E-state index in [2.05, 4.69) is 0 Å². The highest BCUT2D eigenvalue weighted by molar-refractivity contribution is 6.62. The van der Waals surface area contributed by atoms with Crippen LogP contribution in [-0.4, -0.2) is 42.2 Å². The predicted molar refractivity (Wildman–Crippen MR) is 91.7 cm³/mol. The lowest BCUT2D eigenvalue weighted by molar-refractivity contribution is 0.00578. The largest absolute Gasteiger partial charge is 0.494 e. The van der Waals surface area contributed by atoms with Crippen LogP contribution >= 0.6 is 0 Å². The van der Waals surface area contributed by atoms with Gasteiger partial charge in [-0.15, -0.1) is 0 Å². The van der Waals surface area contributed by atoms with Gasteiger partial charge < -0.3 is 9.31 Å². The Bertz CT molecular complexity index is 617. The summed E-state index contributed by atoms with van der Waals surface area (Å²) < 4.78 is 39.0. The van der Waals surface area contributed by atoms with Gasteiger partial charge in [-0.2, -0.15) is 0 Å². The third kappa shape index (κ3) is 3.37. The molecule has 3 nitrogen and oxygen atoms in total. The van der Waals surface area contributed by atoms with Gasteiger partial charge in [0.2, 0.25) is 0 Å². The molecule has 0 amide bonds. The summed E-state index contributed by atoms with van der Waals surface area (Å²) in [5, 5.41) is 0. The van der Waals surface area contributed by atoms with E-state index in [1.165, 1.54) is 0 Å². The van der Waals surface area contributed by atoms with Gasteiger partial charge in [-0.25, -0.2) is 8.78 Å². The quantitative estimate of drug-likeness (QED) is 0.791. The molecule has 0 aliphatic carbocycles. The summed E-state index contributed by atoms with van der Waals surface area (Å²) in [6.45, 7) is 10.9. The Balaban J connectivity index is 1.78. The van der Waals surface area contributed by atoms with Crippen molar-refractivity contribution in [2.24, 2.45) is 0 Å². The van der Waals surface area contributed by atoms with Crippen LogP contribution in [-0.2, 0) is 15.9 Å². The molecule has 1 aromatic carbocycles. The minimum Gasteiger partial charge on any atom is -0.399 e. The smallest absolute Gasteiger partial charge is 0.399 e. The summed E-state index contributed by atoms with van der Waals surface area (Å²) in [5.74, 6) is -2.56. The Morgan fingerprint density at radius 3 is 2.29 bits per heavy atom. The molecule has 2 aliphatic rings. The second-order valence-electron chi connectivity index (χ2n) is 8.09. The molecule has 0 bridgehead atoms. The van der Waals surface area contributed by atoms with Crippen molar-refractivity contribution < 1.29 is 18.1 Å². The SMILES string of the molecule is Cc1ccc(B2OC(C)(C)C(C)(C)O2)cc1CN1CCC(F)(F)C1. The highest BCUT2D eigenvalue weighted by Gasteiger charge is 2.51. The van der Waals surface area contributed by atoms with Crippen LogP contribution in [0.15, 0.2) is 18.2 Å². The van der Waals surface area contributed by atoms with Crippen molar-refractivity contribution in [1.82, 2.24) is 4.90 Å². The van der Waals surface area contributed by atoms with Gasteiger partial charge in [-0.1, -0.05) is 18.2 Å². The molecule has 24 heavy (non-hydrogen) atoms. The van der Waals surface area contributed by atoms with Crippen LogP contribution in [0.2, 0.25) is 0 Å². The fourth-order valence-electron chi connectivity index (χ4n) is 3.17. The van der Waals surface area contributed by atoms with Crippen molar-refractivity contribution in [2.75, 3.05) is 13.1 Å². The topological polar surface area (TPSA) is 21.7 Å². The molecule has 0 N–H and O–H groups in total. The first kappa shape index (κ1) is 17.8. The van der Waals surface area contributed by atoms with Gasteiger partial charge in [0, 0.05) is 19.5 Å². The molecular formula is C18H26BF2NO2. The van der Waals surface area contributed by atoms with Gasteiger partial charge in [0.1, 0.15) is 0 Å². The molecule has 6 heteroatoms. The maximum atomic E-state index is 13.4. The first-order valence-electron chi connectivity index (χ1n) is 8.54. The van der Waals surface area contributed by atoms with Crippen LogP contribution < -0.4 is 5.46 Å². The van der Waals surface area contributed by atoms with E-state index in [4.69, 9.17) is 9.31 Å². The van der Waals surface area contributed by atoms with E-state index in [0.29, 0.717) is 13.1 Å². The Morgan fingerprint density at radius 2 is 1.75 bits per heavy atom. The van der Waals surface area contributed by atoms with Crippen LogP contribution in [0.25, 0.3) is 0 Å². The Labute approximate surface area is 143 Å². The maximum Gasteiger partial charge on any atom is 0.494 e. The summed E-state index contributed by atoms with van der Waals surface area (Å²) in [4.78, 5) is 1.82. The molecular weight excluding hydrogens is 311 g/mol. The number of hydrogen-bond acceptors (Lipinski definition) is 3. The van der Waals surface area contributed by atoms with Crippen LogP contribution in [0.1, 0.15) is 45.2 Å². The molecule has 1 aromatic rings. The average molecular weight is 337 g/mol. The monoisotopic (exact) mass is 337 g/mol. The van der Waals surface area contributed by atoms with Gasteiger partial charge in [0.05, 0.1) is 17.7 Å². The normalized spacial score (nSPS) is 25.4. The summed E-state index contributed by atoms with van der Waals surface area (Å²) in [6, 6.07) is 6.05. The lowest BCUT2D eigenvalue weighted by Gasteiger charge is -2.32. The lowest BCUT2D eigenvalue weighted by Crippen LogP contribution is -2.41. The van der Waals surface area contributed by atoms with Crippen molar-refractivity contribution in [3.63, 3.8) is 0 Å². The molecule has 0 radical (unpaired) electrons. The highest BCUT2D eigenvalue weighted by Crippen LogP contribution is 2.36. The van der Waals surface area contributed by atoms with Crippen molar-refractivity contribution in [2.45, 2.75) is 64.7 Å². The molecule has 3 rings (SSSR count). The molecule has 0 aromatic heterocycles. The zero-order chi connectivity index (χ0) is 17.8. The molecule has 2 fully saturated rings. The molecule has 0 saturated carbocycles. The highest BCUT2D eigenvalue weighted by atomic mass is 19.3. The first-order chi connectivity index (χ1) is 11.0. The van der Waals surface area contributed by atoms with Crippen LogP contribution in [0.4, 0.5) is 8.78 Å². The third-order valence-corrected chi connectivity index (χ3v) is 5.54. The molecule has 2 aliphatic heterocycles. The number of nitrogens with zero attached hydrogens (tertiary/aromatic N) is 1. The zero-order valence-electron chi connectivity index (χ0n) is 15.2. The summed E-state index contributed by atoms with van der Waals surface area (Å²) in [7, 11) is -0.422. The van der Waals surface area contributed by atoms with E-state index < -0.39 is 13.0 Å². The van der Waals surface area contributed by atoms with Gasteiger partial charge in [-0.05, 0) is 51.2 Å². The number of halogens is 2. The second kappa shape index (κ2) is 5.78. The van der Waals surface area contributed by atoms with E-state index in [-0.39, 0.29) is 24.2 Å². The van der Waals surface area contributed by atoms with Crippen molar-refractivity contribution in [1.29, 1.82) is 0 Å². The molecule has 2 heterocycles. The van der Waals surface area contributed by atoms with Crippen LogP contribution in [0.3, 0.4) is 0 Å². The number of likely N-dealkylation sites (tertiary alicyclic amines) is 1. The summed E-state index contributed by atoms with van der Waals surface area (Å²) in [6.07, 6.45) is -0.0526. The summed E-state index contributed by atoms with van der Waals surface area (Å²) in [5.41, 5.74) is 2.32. The third-order valence-electron chi connectivity index (χ3n) is 5.54. The minimum absolute atomic E-state index is 0.0526. The standard InChI is InChI=1S/C18H26BF2NO2/c1-13-6-7-15(19-23-16(2,3)17(4,5)24-19)10-14(13)11-22-9-8-18(20,21)12-22/h6-7,10H,8-9,11-12H2,1-5H3. The lowest BCUT2D eigenvalue weighted by atomic mass is 9.77. The van der Waals surface area contributed by atoms with E-state index in [9.17, 15) is 8.78 Å². The Morgan fingerprint density at radius 1 is 1.12 bits per heavy atom. The van der Waals surface area contributed by atoms with Gasteiger partial charge in [0.25, 0.3) is 5.92 Å². The van der Waals surface area contributed by atoms with Gasteiger partial charge in [-0.3, -0.25) is 4.90 Å². The predicted octanol–water partition coefficient (Wildman–Crippen LogP) is 3.14. The fraction of sp³-hybridized carbons (Fsp3) is 0.667. The molecule has 0 atom stereocenters. The Kier molecular flexibility index (Phi) is 4.30.